The Morgan fingerprint density at radius 1 is 1.67 bits per heavy atom. The van der Waals surface area contributed by atoms with Crippen LogP contribution in [0.3, 0.4) is 0 Å². The van der Waals surface area contributed by atoms with Gasteiger partial charge in [-0.15, -0.1) is 0 Å². The molecule has 4 nitrogen and oxygen atoms in total. The maximum Gasteiger partial charge on any atom is 0.410 e. The van der Waals surface area contributed by atoms with Crippen LogP contribution in [0.4, 0.5) is 4.79 Å². The summed E-state index contributed by atoms with van der Waals surface area (Å²) in [4.78, 5) is 12.5. The van der Waals surface area contributed by atoms with Gasteiger partial charge in [0.25, 0.3) is 0 Å². The quantitative estimate of drug-likeness (QED) is 0.659. The van der Waals surface area contributed by atoms with Crippen LogP contribution in [0.2, 0.25) is 0 Å². The molecule has 0 aliphatic carbocycles. The van der Waals surface area contributed by atoms with Crippen molar-refractivity contribution in [2.45, 2.75) is 26.0 Å². The number of aliphatic hydroxyl groups excluding tert-OH is 1. The van der Waals surface area contributed by atoms with Crippen molar-refractivity contribution in [2.75, 3.05) is 13.7 Å². The van der Waals surface area contributed by atoms with Crippen LogP contribution in [-0.4, -0.2) is 41.9 Å². The molecule has 1 amide bonds. The molecule has 1 N–H and O–H groups in total. The molecule has 12 heavy (non-hydrogen) atoms. The third-order valence-corrected chi connectivity index (χ3v) is 2.25. The van der Waals surface area contributed by atoms with Gasteiger partial charge in [0.15, 0.2) is 0 Å². The van der Waals surface area contributed by atoms with Crippen molar-refractivity contribution in [2.24, 2.45) is 5.92 Å². The van der Waals surface area contributed by atoms with Gasteiger partial charge in [-0.25, -0.2) is 4.79 Å². The van der Waals surface area contributed by atoms with E-state index < -0.39 is 0 Å². The average molecular weight is 173 g/mol. The van der Waals surface area contributed by atoms with E-state index in [4.69, 9.17) is 9.84 Å². The first kappa shape index (κ1) is 9.32. The van der Waals surface area contributed by atoms with Crippen LogP contribution in [-0.2, 0) is 4.74 Å². The van der Waals surface area contributed by atoms with E-state index in [0.717, 1.165) is 0 Å². The fourth-order valence-corrected chi connectivity index (χ4v) is 1.44. The molecule has 1 rings (SSSR count). The maximum absolute atomic E-state index is 11.1. The predicted molar refractivity (Wildman–Crippen MR) is 43.7 cm³/mol. The number of cyclic esters (lactones) is 1. The zero-order valence-corrected chi connectivity index (χ0v) is 7.65. The smallest absolute Gasteiger partial charge is 0.410 e. The lowest BCUT2D eigenvalue weighted by Gasteiger charge is -2.21. The highest BCUT2D eigenvalue weighted by Crippen LogP contribution is 2.22. The lowest BCUT2D eigenvalue weighted by atomic mass is 10.0. The lowest BCUT2D eigenvalue weighted by Crippen LogP contribution is -2.38. The van der Waals surface area contributed by atoms with Crippen molar-refractivity contribution in [3.8, 4) is 0 Å². The summed E-state index contributed by atoms with van der Waals surface area (Å²) in [6.07, 6.45) is -0.514. The van der Waals surface area contributed by atoms with Crippen molar-refractivity contribution >= 4 is 6.09 Å². The number of rotatable bonds is 2. The summed E-state index contributed by atoms with van der Waals surface area (Å²) in [6.45, 7) is 3.91. The van der Waals surface area contributed by atoms with Crippen LogP contribution in [0.25, 0.3) is 0 Å². The Bertz CT molecular complexity index is 181. The van der Waals surface area contributed by atoms with Gasteiger partial charge in [-0.1, -0.05) is 13.8 Å². The highest BCUT2D eigenvalue weighted by molar-refractivity contribution is 5.70. The van der Waals surface area contributed by atoms with E-state index in [-0.39, 0.29) is 30.8 Å². The summed E-state index contributed by atoms with van der Waals surface area (Å²) in [5.41, 5.74) is 0. The van der Waals surface area contributed by atoms with Gasteiger partial charge in [0, 0.05) is 7.05 Å². The summed E-state index contributed by atoms with van der Waals surface area (Å²) >= 11 is 0. The number of aliphatic hydroxyl groups is 1. The van der Waals surface area contributed by atoms with E-state index in [1.54, 1.807) is 7.05 Å². The molecule has 0 saturated carbocycles. The van der Waals surface area contributed by atoms with Gasteiger partial charge in [-0.2, -0.15) is 0 Å². The second-order valence-electron chi connectivity index (χ2n) is 3.45. The van der Waals surface area contributed by atoms with Gasteiger partial charge in [0.1, 0.15) is 6.10 Å². The van der Waals surface area contributed by atoms with Crippen molar-refractivity contribution in [1.82, 2.24) is 4.90 Å². The van der Waals surface area contributed by atoms with E-state index in [2.05, 4.69) is 0 Å². The second-order valence-corrected chi connectivity index (χ2v) is 3.45. The molecule has 2 atom stereocenters. The summed E-state index contributed by atoms with van der Waals surface area (Å²) in [6, 6.07) is -0.183. The molecule has 2 unspecified atom stereocenters. The van der Waals surface area contributed by atoms with Crippen molar-refractivity contribution < 1.29 is 14.6 Å². The predicted octanol–water partition coefficient (Wildman–Crippen LogP) is 0.454. The van der Waals surface area contributed by atoms with Gasteiger partial charge in [-0.3, -0.25) is 0 Å². The summed E-state index contributed by atoms with van der Waals surface area (Å²) in [5.74, 6) is 0.246. The molecule has 0 aromatic rings. The molecule has 0 spiro atoms. The molecule has 0 radical (unpaired) electrons. The van der Waals surface area contributed by atoms with Gasteiger partial charge in [0.05, 0.1) is 12.6 Å². The van der Waals surface area contributed by atoms with Gasteiger partial charge < -0.3 is 14.7 Å². The summed E-state index contributed by atoms with van der Waals surface area (Å²) in [5, 5.41) is 9.00. The summed E-state index contributed by atoms with van der Waals surface area (Å²) < 4.78 is 5.07. The summed E-state index contributed by atoms with van der Waals surface area (Å²) in [7, 11) is 1.64. The third kappa shape index (κ3) is 1.39. The minimum absolute atomic E-state index is 0.0366. The normalized spacial score (nSPS) is 29.8. The van der Waals surface area contributed by atoms with Gasteiger partial charge in [-0.05, 0) is 5.92 Å². The average Bonchev–Trinajstić information content (AvgIpc) is 2.29. The topological polar surface area (TPSA) is 49.8 Å². The fraction of sp³-hybridized carbons (Fsp3) is 0.875. The zero-order valence-electron chi connectivity index (χ0n) is 7.65. The maximum atomic E-state index is 11.1. The van der Waals surface area contributed by atoms with Crippen molar-refractivity contribution in [3.63, 3.8) is 0 Å². The van der Waals surface area contributed by atoms with Crippen LogP contribution < -0.4 is 0 Å². The Balaban J connectivity index is 2.71. The molecule has 0 aromatic heterocycles. The van der Waals surface area contributed by atoms with E-state index in [9.17, 15) is 4.79 Å². The van der Waals surface area contributed by atoms with Crippen LogP contribution in [0.15, 0.2) is 0 Å². The molecule has 70 valence electrons. The minimum Gasteiger partial charge on any atom is -0.444 e. The minimum atomic E-state index is -0.340. The number of hydrogen-bond acceptors (Lipinski definition) is 3. The largest absolute Gasteiger partial charge is 0.444 e. The molecule has 0 bridgehead atoms. The van der Waals surface area contributed by atoms with Crippen LogP contribution in [0.5, 0.6) is 0 Å². The zero-order chi connectivity index (χ0) is 9.30. The molecule has 4 heteroatoms. The van der Waals surface area contributed by atoms with Crippen LogP contribution in [0, 0.1) is 5.92 Å². The number of carbonyl (C=O) groups is 1. The van der Waals surface area contributed by atoms with E-state index >= 15 is 0 Å². The molecule has 1 saturated heterocycles. The van der Waals surface area contributed by atoms with Crippen molar-refractivity contribution in [1.29, 1.82) is 0 Å². The Hall–Kier alpha value is -0.770. The van der Waals surface area contributed by atoms with Crippen LogP contribution in [0.1, 0.15) is 13.8 Å². The molecule has 1 fully saturated rings. The lowest BCUT2D eigenvalue weighted by molar-refractivity contribution is 0.0859. The second kappa shape index (κ2) is 3.31. The van der Waals surface area contributed by atoms with Crippen LogP contribution >= 0.6 is 0 Å². The molecular weight excluding hydrogens is 158 g/mol. The number of ether oxygens (including phenoxy) is 1. The number of nitrogens with zero attached hydrogens (tertiary/aromatic N) is 1. The number of hydrogen-bond donors (Lipinski definition) is 1. The van der Waals surface area contributed by atoms with Gasteiger partial charge in [0.2, 0.25) is 0 Å². The monoisotopic (exact) mass is 173 g/mol. The van der Waals surface area contributed by atoms with Gasteiger partial charge >= 0.3 is 6.09 Å². The number of likely N-dealkylation sites (N-methyl/N-ethyl adjacent to an activating group) is 1. The molecule has 1 aliphatic rings. The standard InChI is InChI=1S/C8H15NO3/c1-5(2)7-6(4-10)9(3)8(11)12-7/h5-7,10H,4H2,1-3H3. The number of carbonyl (C=O) groups excluding carboxylic acids is 1. The highest BCUT2D eigenvalue weighted by Gasteiger charge is 2.40. The van der Waals surface area contributed by atoms with Crippen molar-refractivity contribution in [3.05, 3.63) is 0 Å². The van der Waals surface area contributed by atoms with E-state index in [0.29, 0.717) is 0 Å². The first-order valence-corrected chi connectivity index (χ1v) is 4.12. The molecule has 1 aliphatic heterocycles. The molecule has 0 aromatic carbocycles. The van der Waals surface area contributed by atoms with E-state index in [1.807, 2.05) is 13.8 Å². The Morgan fingerprint density at radius 2 is 2.25 bits per heavy atom. The first-order chi connectivity index (χ1) is 5.57. The first-order valence-electron chi connectivity index (χ1n) is 4.12. The SMILES string of the molecule is CC(C)C1OC(=O)N(C)C1CO. The molecular formula is C8H15NO3. The third-order valence-electron chi connectivity index (χ3n) is 2.25. The Kier molecular flexibility index (Phi) is 2.57. The molecule has 1 heterocycles. The Morgan fingerprint density at radius 3 is 2.58 bits per heavy atom. The van der Waals surface area contributed by atoms with E-state index in [1.165, 1.54) is 4.90 Å². The number of amides is 1. The fourth-order valence-electron chi connectivity index (χ4n) is 1.44. The highest BCUT2D eigenvalue weighted by atomic mass is 16.6. The Labute approximate surface area is 72.1 Å².